The summed E-state index contributed by atoms with van der Waals surface area (Å²) in [5.41, 5.74) is 1.17. The van der Waals surface area contributed by atoms with Crippen molar-refractivity contribution in [2.45, 2.75) is 40.2 Å². The highest BCUT2D eigenvalue weighted by Gasteiger charge is 2.30. The quantitative estimate of drug-likeness (QED) is 0.832. The first kappa shape index (κ1) is 16.0. The van der Waals surface area contributed by atoms with Crippen molar-refractivity contribution in [3.8, 4) is 0 Å². The third kappa shape index (κ3) is 2.92. The van der Waals surface area contributed by atoms with Crippen molar-refractivity contribution in [2.75, 3.05) is 6.54 Å². The first-order valence-electron chi connectivity index (χ1n) is 6.46. The van der Waals surface area contributed by atoms with Gasteiger partial charge >= 0.3 is 5.97 Å². The lowest BCUT2D eigenvalue weighted by molar-refractivity contribution is 0.0615. The second-order valence-electron chi connectivity index (χ2n) is 5.81. The van der Waals surface area contributed by atoms with Crippen LogP contribution < -0.4 is 0 Å². The topological polar surface area (TPSA) is 73.4 Å². The molecule has 1 rings (SSSR count). The molecule has 0 unspecified atom stereocenters. The van der Waals surface area contributed by atoms with Crippen LogP contribution in [0.25, 0.3) is 0 Å². The predicted molar refractivity (Wildman–Crippen MR) is 78.2 cm³/mol. The summed E-state index contributed by atoms with van der Waals surface area (Å²) < 4.78 is 0. The number of carboxylic acid groups (broad SMARTS) is 1. The summed E-state index contributed by atoms with van der Waals surface area (Å²) in [6.45, 7) is 13.2. The molecule has 0 aliphatic heterocycles. The van der Waals surface area contributed by atoms with E-state index >= 15 is 0 Å². The van der Waals surface area contributed by atoms with Gasteiger partial charge in [-0.15, -0.1) is 6.58 Å². The SMILES string of the molecule is C=CCN(C(=O)c1c(C)[nH]c(C(=O)O)c1C)C(C)(C)C. The van der Waals surface area contributed by atoms with Crippen molar-refractivity contribution >= 4 is 11.9 Å². The third-order valence-corrected chi connectivity index (χ3v) is 3.23. The molecule has 5 heteroatoms. The molecule has 0 bridgehead atoms. The fourth-order valence-corrected chi connectivity index (χ4v) is 2.21. The Kier molecular flexibility index (Phi) is 4.43. The smallest absolute Gasteiger partial charge is 0.352 e. The molecular formula is C15H22N2O3. The Labute approximate surface area is 119 Å². The number of H-pyrrole nitrogens is 1. The van der Waals surface area contributed by atoms with Crippen LogP contribution in [-0.2, 0) is 0 Å². The Bertz CT molecular complexity index is 550. The zero-order valence-corrected chi connectivity index (χ0v) is 12.7. The molecular weight excluding hydrogens is 256 g/mol. The van der Waals surface area contributed by atoms with Crippen LogP contribution in [0.4, 0.5) is 0 Å². The summed E-state index contributed by atoms with van der Waals surface area (Å²) in [4.78, 5) is 28.3. The van der Waals surface area contributed by atoms with Gasteiger partial charge in [-0.3, -0.25) is 4.79 Å². The molecule has 0 saturated carbocycles. The van der Waals surface area contributed by atoms with Gasteiger partial charge in [-0.1, -0.05) is 6.08 Å². The summed E-state index contributed by atoms with van der Waals surface area (Å²) in [5.74, 6) is -1.24. The van der Waals surface area contributed by atoms with E-state index in [0.29, 0.717) is 23.4 Å². The Morgan fingerprint density at radius 2 is 1.90 bits per heavy atom. The lowest BCUT2D eigenvalue weighted by Gasteiger charge is -2.35. The molecule has 2 N–H and O–H groups in total. The third-order valence-electron chi connectivity index (χ3n) is 3.23. The molecule has 0 fully saturated rings. The number of hydrogen-bond donors (Lipinski definition) is 2. The average Bonchev–Trinajstić information content (AvgIpc) is 2.59. The van der Waals surface area contributed by atoms with Gasteiger partial charge in [0.15, 0.2) is 0 Å². The maximum atomic E-state index is 12.7. The lowest BCUT2D eigenvalue weighted by Crippen LogP contribution is -2.46. The highest BCUT2D eigenvalue weighted by Crippen LogP contribution is 2.24. The number of amides is 1. The number of aryl methyl sites for hydroxylation is 1. The molecule has 1 aromatic rings. The summed E-state index contributed by atoms with van der Waals surface area (Å²) in [6.07, 6.45) is 1.67. The van der Waals surface area contributed by atoms with Crippen LogP contribution in [0.15, 0.2) is 12.7 Å². The minimum atomic E-state index is -1.06. The Morgan fingerprint density at radius 1 is 1.35 bits per heavy atom. The van der Waals surface area contributed by atoms with Gasteiger partial charge in [0.2, 0.25) is 0 Å². The van der Waals surface area contributed by atoms with E-state index in [0.717, 1.165) is 0 Å². The molecule has 0 atom stereocenters. The maximum Gasteiger partial charge on any atom is 0.352 e. The molecule has 1 heterocycles. The largest absolute Gasteiger partial charge is 0.477 e. The van der Waals surface area contributed by atoms with Crippen molar-refractivity contribution in [1.29, 1.82) is 0 Å². The van der Waals surface area contributed by atoms with Gasteiger partial charge in [-0.2, -0.15) is 0 Å². The fraction of sp³-hybridized carbons (Fsp3) is 0.467. The van der Waals surface area contributed by atoms with Crippen molar-refractivity contribution in [3.05, 3.63) is 35.2 Å². The first-order valence-corrected chi connectivity index (χ1v) is 6.46. The van der Waals surface area contributed by atoms with Gasteiger partial charge < -0.3 is 15.0 Å². The second-order valence-corrected chi connectivity index (χ2v) is 5.81. The van der Waals surface area contributed by atoms with E-state index in [1.165, 1.54) is 0 Å². The number of aromatic carboxylic acids is 1. The number of nitrogens with zero attached hydrogens (tertiary/aromatic N) is 1. The Balaban J connectivity index is 3.33. The van der Waals surface area contributed by atoms with E-state index in [4.69, 9.17) is 5.11 Å². The Morgan fingerprint density at radius 3 is 2.25 bits per heavy atom. The zero-order valence-electron chi connectivity index (χ0n) is 12.7. The zero-order chi connectivity index (χ0) is 15.7. The molecule has 110 valence electrons. The van der Waals surface area contributed by atoms with Crippen LogP contribution in [0.1, 0.15) is 52.9 Å². The van der Waals surface area contributed by atoms with Gasteiger partial charge in [0.05, 0.1) is 5.56 Å². The molecule has 0 radical (unpaired) electrons. The summed E-state index contributed by atoms with van der Waals surface area (Å²) in [5, 5.41) is 9.11. The van der Waals surface area contributed by atoms with Crippen molar-refractivity contribution in [2.24, 2.45) is 0 Å². The molecule has 5 nitrogen and oxygen atoms in total. The van der Waals surface area contributed by atoms with Gasteiger partial charge in [0, 0.05) is 17.8 Å². The van der Waals surface area contributed by atoms with Crippen LogP contribution in [0.2, 0.25) is 0 Å². The van der Waals surface area contributed by atoms with Crippen LogP contribution in [0, 0.1) is 13.8 Å². The number of hydrogen-bond acceptors (Lipinski definition) is 2. The summed E-state index contributed by atoms with van der Waals surface area (Å²) in [6, 6.07) is 0. The number of aromatic nitrogens is 1. The number of nitrogens with one attached hydrogen (secondary N) is 1. The number of rotatable bonds is 4. The minimum Gasteiger partial charge on any atom is -0.477 e. The predicted octanol–water partition coefficient (Wildman–Crippen LogP) is 2.76. The highest BCUT2D eigenvalue weighted by atomic mass is 16.4. The highest BCUT2D eigenvalue weighted by molar-refractivity contribution is 6.01. The molecule has 0 aliphatic rings. The maximum absolute atomic E-state index is 12.7. The van der Waals surface area contributed by atoms with Crippen molar-refractivity contribution in [3.63, 3.8) is 0 Å². The first-order chi connectivity index (χ1) is 9.11. The van der Waals surface area contributed by atoms with E-state index < -0.39 is 5.97 Å². The number of aromatic amines is 1. The van der Waals surface area contributed by atoms with E-state index in [1.807, 2.05) is 20.8 Å². The van der Waals surface area contributed by atoms with Crippen LogP contribution in [-0.4, -0.2) is 39.0 Å². The van der Waals surface area contributed by atoms with E-state index in [-0.39, 0.29) is 17.1 Å². The molecule has 20 heavy (non-hydrogen) atoms. The standard InChI is InChI=1S/C15H22N2O3/c1-7-8-17(15(4,5)6)13(18)11-9(2)12(14(19)20)16-10(11)3/h7,16H,1,8H2,2-6H3,(H,19,20). The number of carboxylic acids is 1. The summed E-state index contributed by atoms with van der Waals surface area (Å²) in [7, 11) is 0. The normalized spacial score (nSPS) is 11.2. The van der Waals surface area contributed by atoms with E-state index in [1.54, 1.807) is 24.8 Å². The van der Waals surface area contributed by atoms with Gasteiger partial charge in [-0.05, 0) is 40.2 Å². The summed E-state index contributed by atoms with van der Waals surface area (Å²) >= 11 is 0. The van der Waals surface area contributed by atoms with E-state index in [2.05, 4.69) is 11.6 Å². The minimum absolute atomic E-state index is 0.0679. The Hall–Kier alpha value is -2.04. The molecule has 0 spiro atoms. The van der Waals surface area contributed by atoms with Crippen LogP contribution >= 0.6 is 0 Å². The van der Waals surface area contributed by atoms with Gasteiger partial charge in [0.25, 0.3) is 5.91 Å². The number of carbonyl (C=O) groups excluding carboxylic acids is 1. The van der Waals surface area contributed by atoms with Crippen molar-refractivity contribution in [1.82, 2.24) is 9.88 Å². The van der Waals surface area contributed by atoms with E-state index in [9.17, 15) is 9.59 Å². The molecule has 0 aliphatic carbocycles. The molecule has 0 saturated heterocycles. The molecule has 0 aromatic carbocycles. The van der Waals surface area contributed by atoms with Crippen LogP contribution in [0.5, 0.6) is 0 Å². The van der Waals surface area contributed by atoms with Crippen LogP contribution in [0.3, 0.4) is 0 Å². The van der Waals surface area contributed by atoms with Gasteiger partial charge in [0.1, 0.15) is 5.69 Å². The lowest BCUT2D eigenvalue weighted by atomic mass is 10.0. The molecule has 1 amide bonds. The van der Waals surface area contributed by atoms with Gasteiger partial charge in [-0.25, -0.2) is 4.79 Å². The average molecular weight is 278 g/mol. The van der Waals surface area contributed by atoms with Crippen molar-refractivity contribution < 1.29 is 14.7 Å². The molecule has 1 aromatic heterocycles. The second kappa shape index (κ2) is 5.53. The fourth-order valence-electron chi connectivity index (χ4n) is 2.21. The number of carbonyl (C=O) groups is 2. The monoisotopic (exact) mass is 278 g/mol.